The molecule has 0 aromatic heterocycles. The maximum Gasteiger partial charge on any atom is 0.220 e. The molecule has 3 rings (SSSR count). The summed E-state index contributed by atoms with van der Waals surface area (Å²) in [5.74, 6) is -0.291. The van der Waals surface area contributed by atoms with E-state index < -0.39 is 124 Å². The molecule has 1 amide bonds. The van der Waals surface area contributed by atoms with E-state index in [9.17, 15) is 61.0 Å². The molecule has 3 aliphatic heterocycles. The van der Waals surface area contributed by atoms with Crippen molar-refractivity contribution >= 4 is 5.91 Å². The third kappa shape index (κ3) is 28.8. The summed E-state index contributed by atoms with van der Waals surface area (Å²) < 4.78 is 34.2. The minimum Gasteiger partial charge on any atom is -0.394 e. The first-order valence-electron chi connectivity index (χ1n) is 31.7. The van der Waals surface area contributed by atoms with Crippen LogP contribution in [0.25, 0.3) is 0 Å². The zero-order valence-electron chi connectivity index (χ0n) is 49.5. The van der Waals surface area contributed by atoms with Crippen LogP contribution in [0.5, 0.6) is 0 Å². The third-order valence-corrected chi connectivity index (χ3v) is 15.9. The highest BCUT2D eigenvalue weighted by molar-refractivity contribution is 5.76. The second kappa shape index (κ2) is 45.3. The lowest BCUT2D eigenvalue weighted by Gasteiger charge is -2.48. The molecule has 17 atom stereocenters. The topological polar surface area (TPSA) is 307 Å². The van der Waals surface area contributed by atoms with Gasteiger partial charge in [-0.2, -0.15) is 0 Å². The Kier molecular flexibility index (Phi) is 41.0. The first kappa shape index (κ1) is 73.3. The van der Waals surface area contributed by atoms with Crippen molar-refractivity contribution in [3.8, 4) is 0 Å². The number of carbonyl (C=O) groups excluding carboxylic acids is 1. The number of amides is 1. The van der Waals surface area contributed by atoms with Gasteiger partial charge in [-0.3, -0.25) is 4.79 Å². The van der Waals surface area contributed by atoms with Gasteiger partial charge >= 0.3 is 0 Å². The van der Waals surface area contributed by atoms with Crippen LogP contribution in [0.3, 0.4) is 0 Å². The molecule has 12 N–H and O–H groups in total. The molecule has 474 valence electrons. The molecule has 3 fully saturated rings. The Morgan fingerprint density at radius 2 is 0.790 bits per heavy atom. The summed E-state index contributed by atoms with van der Waals surface area (Å²) in [6.07, 6.45) is 22.9. The summed E-state index contributed by atoms with van der Waals surface area (Å²) >= 11 is 0. The lowest BCUT2D eigenvalue weighted by molar-refractivity contribution is -0.379. The summed E-state index contributed by atoms with van der Waals surface area (Å²) in [5, 5.41) is 120. The molecule has 0 aromatic carbocycles. The Hall–Kier alpha value is -1.99. The monoisotopic (exact) mass is 1160 g/mol. The van der Waals surface area contributed by atoms with Gasteiger partial charge in [-0.05, 0) is 44.9 Å². The van der Waals surface area contributed by atoms with Crippen LogP contribution in [0.1, 0.15) is 219 Å². The Morgan fingerprint density at radius 3 is 1.23 bits per heavy atom. The highest BCUT2D eigenvalue weighted by Crippen LogP contribution is 2.33. The van der Waals surface area contributed by atoms with Crippen molar-refractivity contribution in [2.45, 2.75) is 324 Å². The number of hydrogen-bond donors (Lipinski definition) is 12. The Labute approximate surface area is 485 Å². The van der Waals surface area contributed by atoms with Crippen molar-refractivity contribution < 1.29 is 89.4 Å². The highest BCUT2D eigenvalue weighted by Gasteiger charge is 2.53. The van der Waals surface area contributed by atoms with Crippen LogP contribution in [-0.4, -0.2) is 193 Å². The second-order valence-corrected chi connectivity index (χ2v) is 22.9. The summed E-state index contributed by atoms with van der Waals surface area (Å²) in [7, 11) is 0. The molecule has 0 radical (unpaired) electrons. The van der Waals surface area contributed by atoms with Gasteiger partial charge in [-0.1, -0.05) is 204 Å². The molecule has 0 aliphatic carbocycles. The first-order valence-corrected chi connectivity index (χ1v) is 31.7. The second-order valence-electron chi connectivity index (χ2n) is 22.9. The van der Waals surface area contributed by atoms with Gasteiger partial charge in [-0.15, -0.1) is 0 Å². The molecule has 3 aliphatic rings. The number of aliphatic hydroxyl groups is 11. The maximum absolute atomic E-state index is 13.3. The standard InChI is InChI=1S/C62H113NO18/c1-3-5-7-9-11-13-15-16-17-18-19-20-21-22-23-24-25-26-27-28-30-31-33-35-37-39-46(67)45(63-50(68)40-38-36-34-32-29-14-12-10-8-6-4-2)44-76-60-56(74)53(71)58(48(42-65)78-60)81-62-57(75)54(72)59(49(43-66)79-62)80-61-55(73)52(70)51(69)47(41-64)77-61/h25-26,30-31,37,39,45-49,51-62,64-67,69-75H,3-24,27-29,32-36,38,40-44H2,1-2H3,(H,63,68)/b26-25+,31-30+,39-37+. The minimum atomic E-state index is -1.98. The molecule has 0 spiro atoms. The predicted octanol–water partition coefficient (Wildman–Crippen LogP) is 6.49. The number of allylic oxidation sites excluding steroid dienone is 5. The van der Waals surface area contributed by atoms with E-state index in [1.54, 1.807) is 6.08 Å². The third-order valence-electron chi connectivity index (χ3n) is 15.9. The zero-order chi connectivity index (χ0) is 59.0. The summed E-state index contributed by atoms with van der Waals surface area (Å²) in [6.45, 7) is 1.69. The number of aliphatic hydroxyl groups excluding tert-OH is 11. The van der Waals surface area contributed by atoms with Crippen molar-refractivity contribution in [1.82, 2.24) is 5.32 Å². The van der Waals surface area contributed by atoms with Crippen LogP contribution in [0.15, 0.2) is 36.5 Å². The van der Waals surface area contributed by atoms with E-state index in [0.29, 0.717) is 12.8 Å². The molecule has 3 heterocycles. The molecule has 19 heteroatoms. The lowest BCUT2D eigenvalue weighted by Crippen LogP contribution is -2.66. The van der Waals surface area contributed by atoms with Crippen molar-refractivity contribution in [2.24, 2.45) is 0 Å². The van der Waals surface area contributed by atoms with Crippen LogP contribution in [0.4, 0.5) is 0 Å². The van der Waals surface area contributed by atoms with Gasteiger partial charge < -0.3 is 89.9 Å². The van der Waals surface area contributed by atoms with Gasteiger partial charge in [0.1, 0.15) is 73.2 Å². The average Bonchev–Trinajstić information content (AvgIpc) is 3.51. The number of rotatable bonds is 47. The first-order chi connectivity index (χ1) is 39.3. The van der Waals surface area contributed by atoms with Gasteiger partial charge in [0.05, 0.1) is 38.6 Å². The van der Waals surface area contributed by atoms with Crippen molar-refractivity contribution in [2.75, 3.05) is 26.4 Å². The predicted molar refractivity (Wildman–Crippen MR) is 309 cm³/mol. The average molecular weight is 1160 g/mol. The van der Waals surface area contributed by atoms with Crippen LogP contribution < -0.4 is 5.32 Å². The number of carbonyl (C=O) groups is 1. The highest BCUT2D eigenvalue weighted by atomic mass is 16.8. The van der Waals surface area contributed by atoms with E-state index >= 15 is 0 Å². The Bertz CT molecular complexity index is 1620. The van der Waals surface area contributed by atoms with E-state index in [0.717, 1.165) is 44.9 Å². The minimum absolute atomic E-state index is 0.234. The van der Waals surface area contributed by atoms with E-state index in [1.807, 2.05) is 6.08 Å². The smallest absolute Gasteiger partial charge is 0.220 e. The molecule has 19 nitrogen and oxygen atoms in total. The van der Waals surface area contributed by atoms with Crippen molar-refractivity contribution in [3.05, 3.63) is 36.5 Å². The summed E-state index contributed by atoms with van der Waals surface area (Å²) in [6, 6.07) is -0.992. The van der Waals surface area contributed by atoms with Gasteiger partial charge in [0.15, 0.2) is 18.9 Å². The van der Waals surface area contributed by atoms with E-state index in [1.165, 1.54) is 141 Å². The van der Waals surface area contributed by atoms with E-state index in [2.05, 4.69) is 43.5 Å². The van der Waals surface area contributed by atoms with Gasteiger partial charge in [0.2, 0.25) is 5.91 Å². The molecule has 0 bridgehead atoms. The molecule has 3 saturated heterocycles. The summed E-state index contributed by atoms with van der Waals surface area (Å²) in [5.41, 5.74) is 0. The van der Waals surface area contributed by atoms with Crippen LogP contribution >= 0.6 is 0 Å². The molecular weight excluding hydrogens is 1050 g/mol. The fourth-order valence-corrected chi connectivity index (χ4v) is 10.7. The molecule has 17 unspecified atom stereocenters. The summed E-state index contributed by atoms with van der Waals surface area (Å²) in [4.78, 5) is 13.3. The van der Waals surface area contributed by atoms with Crippen LogP contribution in [-0.2, 0) is 33.2 Å². The SMILES string of the molecule is CCCCCCCCCCCCCCCCC/C=C/CC/C=C/CC/C=C/C(O)C(COC1OC(CO)C(OC2OC(CO)C(OC3OC(CO)C(O)C(O)C3O)C(O)C2O)C(O)C1O)NC(=O)CCCCCCCCCCCCC. The number of unbranched alkanes of at least 4 members (excludes halogenated alkanes) is 27. The molecular formula is C62H113NO18. The number of ether oxygens (including phenoxy) is 6. The van der Waals surface area contributed by atoms with Crippen molar-refractivity contribution in [1.29, 1.82) is 0 Å². The molecule has 81 heavy (non-hydrogen) atoms. The quantitative estimate of drug-likeness (QED) is 0.0229. The molecule has 0 aromatic rings. The number of hydrogen-bond acceptors (Lipinski definition) is 18. The molecule has 0 saturated carbocycles. The van der Waals surface area contributed by atoms with Crippen LogP contribution in [0, 0.1) is 0 Å². The van der Waals surface area contributed by atoms with Gasteiger partial charge in [0.25, 0.3) is 0 Å². The lowest BCUT2D eigenvalue weighted by atomic mass is 9.96. The normalized spacial score (nSPS) is 30.0. The van der Waals surface area contributed by atoms with Crippen molar-refractivity contribution in [3.63, 3.8) is 0 Å². The Morgan fingerprint density at radius 1 is 0.432 bits per heavy atom. The van der Waals surface area contributed by atoms with Gasteiger partial charge in [0, 0.05) is 6.42 Å². The zero-order valence-corrected chi connectivity index (χ0v) is 49.5. The van der Waals surface area contributed by atoms with E-state index in [4.69, 9.17) is 28.4 Å². The van der Waals surface area contributed by atoms with E-state index in [-0.39, 0.29) is 18.9 Å². The fourth-order valence-electron chi connectivity index (χ4n) is 10.7. The maximum atomic E-state index is 13.3. The largest absolute Gasteiger partial charge is 0.394 e. The van der Waals surface area contributed by atoms with Gasteiger partial charge in [-0.25, -0.2) is 0 Å². The Balaban J connectivity index is 1.47. The number of nitrogens with one attached hydrogen (secondary N) is 1. The fraction of sp³-hybridized carbons (Fsp3) is 0.887. The van der Waals surface area contributed by atoms with Crippen LogP contribution in [0.2, 0.25) is 0 Å².